The molecule has 0 atom stereocenters. The van der Waals surface area contributed by atoms with Gasteiger partial charge in [0.1, 0.15) is 11.5 Å². The number of rotatable bonds is 3. The van der Waals surface area contributed by atoms with Crippen molar-refractivity contribution in [3.05, 3.63) is 71.3 Å². The minimum absolute atomic E-state index is 0.167. The maximum absolute atomic E-state index is 11.6. The van der Waals surface area contributed by atoms with Crippen LogP contribution in [0.1, 0.15) is 62.0 Å². The second kappa shape index (κ2) is 6.91. The maximum Gasteiger partial charge on any atom is 0.337 e. The largest absolute Gasteiger partial charge is 0.465 e. The minimum Gasteiger partial charge on any atom is -0.465 e. The highest BCUT2D eigenvalue weighted by molar-refractivity contribution is 5.89. The van der Waals surface area contributed by atoms with Gasteiger partial charge in [-0.05, 0) is 65.1 Å². The van der Waals surface area contributed by atoms with Crippen LogP contribution in [0.4, 0.5) is 0 Å². The summed E-state index contributed by atoms with van der Waals surface area (Å²) in [5, 5.41) is 0. The van der Waals surface area contributed by atoms with Gasteiger partial charge in [0.15, 0.2) is 0 Å². The van der Waals surface area contributed by atoms with E-state index in [1.54, 1.807) is 12.1 Å². The third kappa shape index (κ3) is 3.50. The molecule has 3 aromatic rings. The summed E-state index contributed by atoms with van der Waals surface area (Å²) < 4.78 is 10.9. The van der Waals surface area contributed by atoms with E-state index in [1.165, 1.54) is 31.1 Å². The molecule has 1 aliphatic rings. The number of fused-ring (bicyclic) bond motifs is 1. The Bertz CT molecular complexity index is 1050. The Kier molecular flexibility index (Phi) is 4.65. The number of carbonyl (C=O) groups is 1. The Morgan fingerprint density at radius 3 is 1.97 bits per heavy atom. The first-order valence-corrected chi connectivity index (χ1v) is 10.2. The van der Waals surface area contributed by atoms with E-state index in [0.29, 0.717) is 5.56 Å². The zero-order valence-corrected chi connectivity index (χ0v) is 17.8. The lowest BCUT2D eigenvalue weighted by Gasteiger charge is -2.42. The van der Waals surface area contributed by atoms with E-state index >= 15 is 0 Å². The molecule has 150 valence electrons. The van der Waals surface area contributed by atoms with Crippen molar-refractivity contribution in [3.63, 3.8) is 0 Å². The fourth-order valence-electron chi connectivity index (χ4n) is 4.28. The van der Waals surface area contributed by atoms with Gasteiger partial charge in [0.05, 0.1) is 12.7 Å². The van der Waals surface area contributed by atoms with Crippen LogP contribution >= 0.6 is 0 Å². The van der Waals surface area contributed by atoms with Gasteiger partial charge in [-0.3, -0.25) is 0 Å². The third-order valence-electron chi connectivity index (χ3n) is 6.33. The average Bonchev–Trinajstić information content (AvgIpc) is 3.21. The fourth-order valence-corrected chi connectivity index (χ4v) is 4.28. The molecule has 0 radical (unpaired) electrons. The van der Waals surface area contributed by atoms with E-state index in [1.807, 2.05) is 24.3 Å². The first kappa shape index (κ1) is 19.5. The fraction of sp³-hybridized carbons (Fsp3) is 0.346. The molecular formula is C26H28O3. The number of hydrogen-bond acceptors (Lipinski definition) is 3. The summed E-state index contributed by atoms with van der Waals surface area (Å²) in [5.74, 6) is 1.31. The summed E-state index contributed by atoms with van der Waals surface area (Å²) in [7, 11) is 1.38. The maximum atomic E-state index is 11.6. The minimum atomic E-state index is -0.337. The van der Waals surface area contributed by atoms with E-state index in [9.17, 15) is 4.79 Å². The summed E-state index contributed by atoms with van der Waals surface area (Å²) in [6, 6.07) is 18.0. The van der Waals surface area contributed by atoms with Crippen molar-refractivity contribution >= 4 is 5.97 Å². The summed E-state index contributed by atoms with van der Waals surface area (Å²) in [5.41, 5.74) is 5.81. The Morgan fingerprint density at radius 2 is 1.34 bits per heavy atom. The van der Waals surface area contributed by atoms with Crippen LogP contribution in [-0.2, 0) is 15.6 Å². The molecule has 4 rings (SSSR count). The van der Waals surface area contributed by atoms with E-state index in [0.717, 1.165) is 22.6 Å². The molecule has 0 N–H and O–H groups in total. The van der Waals surface area contributed by atoms with E-state index in [4.69, 9.17) is 9.15 Å². The topological polar surface area (TPSA) is 39.4 Å². The van der Waals surface area contributed by atoms with Crippen molar-refractivity contribution in [1.29, 1.82) is 0 Å². The second-order valence-electron chi connectivity index (χ2n) is 9.26. The Labute approximate surface area is 172 Å². The second-order valence-corrected chi connectivity index (χ2v) is 9.26. The van der Waals surface area contributed by atoms with Gasteiger partial charge in [-0.15, -0.1) is 0 Å². The lowest BCUT2D eigenvalue weighted by atomic mass is 9.63. The normalized spacial score (nSPS) is 16.9. The van der Waals surface area contributed by atoms with Crippen LogP contribution in [0, 0.1) is 0 Å². The van der Waals surface area contributed by atoms with Gasteiger partial charge in [-0.25, -0.2) is 4.79 Å². The number of hydrogen-bond donors (Lipinski definition) is 0. The number of furan rings is 1. The molecular weight excluding hydrogens is 360 g/mol. The number of ether oxygens (including phenoxy) is 1. The van der Waals surface area contributed by atoms with Gasteiger partial charge in [0, 0.05) is 11.1 Å². The molecule has 3 heteroatoms. The standard InChI is InChI=1S/C26H28O3/c1-25(2)14-15-26(3,4)21-16-19(10-11-20(21)25)23-13-12-22(29-23)17-6-8-18(9-7-17)24(27)28-5/h6-13,16H,14-15H2,1-5H3. The Balaban J connectivity index is 1.68. The van der Waals surface area contributed by atoms with Crippen molar-refractivity contribution in [2.45, 2.75) is 51.4 Å². The smallest absolute Gasteiger partial charge is 0.337 e. The van der Waals surface area contributed by atoms with Crippen molar-refractivity contribution in [3.8, 4) is 22.6 Å². The van der Waals surface area contributed by atoms with Crippen LogP contribution in [0.5, 0.6) is 0 Å². The van der Waals surface area contributed by atoms with Crippen LogP contribution in [0.3, 0.4) is 0 Å². The van der Waals surface area contributed by atoms with E-state index in [-0.39, 0.29) is 16.8 Å². The van der Waals surface area contributed by atoms with Gasteiger partial charge in [0.2, 0.25) is 0 Å². The van der Waals surface area contributed by atoms with Crippen LogP contribution in [0.15, 0.2) is 59.0 Å². The molecule has 0 fully saturated rings. The summed E-state index contributed by atoms with van der Waals surface area (Å²) in [6.45, 7) is 9.34. The molecule has 29 heavy (non-hydrogen) atoms. The van der Waals surface area contributed by atoms with Crippen molar-refractivity contribution < 1.29 is 13.9 Å². The molecule has 3 nitrogen and oxygen atoms in total. The molecule has 1 heterocycles. The van der Waals surface area contributed by atoms with Crippen LogP contribution in [0.2, 0.25) is 0 Å². The summed E-state index contributed by atoms with van der Waals surface area (Å²) in [6.07, 6.45) is 2.39. The number of benzene rings is 2. The summed E-state index contributed by atoms with van der Waals surface area (Å²) in [4.78, 5) is 11.6. The van der Waals surface area contributed by atoms with Crippen LogP contribution < -0.4 is 0 Å². The third-order valence-corrected chi connectivity index (χ3v) is 6.33. The number of carbonyl (C=O) groups excluding carboxylic acids is 1. The van der Waals surface area contributed by atoms with Gasteiger partial charge < -0.3 is 9.15 Å². The first-order valence-electron chi connectivity index (χ1n) is 10.2. The average molecular weight is 389 g/mol. The van der Waals surface area contributed by atoms with Crippen molar-refractivity contribution in [2.75, 3.05) is 7.11 Å². The molecule has 0 spiro atoms. The molecule has 0 saturated heterocycles. The molecule has 0 saturated carbocycles. The van der Waals surface area contributed by atoms with E-state index in [2.05, 4.69) is 45.9 Å². The number of methoxy groups -OCH3 is 1. The zero-order chi connectivity index (χ0) is 20.8. The predicted octanol–water partition coefficient (Wildman–Crippen LogP) is 6.75. The highest BCUT2D eigenvalue weighted by Gasteiger charge is 2.37. The predicted molar refractivity (Wildman–Crippen MR) is 116 cm³/mol. The van der Waals surface area contributed by atoms with Crippen molar-refractivity contribution in [2.24, 2.45) is 0 Å². The molecule has 0 amide bonds. The highest BCUT2D eigenvalue weighted by atomic mass is 16.5. The quantitative estimate of drug-likeness (QED) is 0.466. The lowest BCUT2D eigenvalue weighted by Crippen LogP contribution is -2.33. The lowest BCUT2D eigenvalue weighted by molar-refractivity contribution is 0.0600. The van der Waals surface area contributed by atoms with Gasteiger partial charge in [0.25, 0.3) is 0 Å². The molecule has 0 bridgehead atoms. The number of esters is 1. The van der Waals surface area contributed by atoms with Gasteiger partial charge in [-0.1, -0.05) is 52.0 Å². The molecule has 0 unspecified atom stereocenters. The SMILES string of the molecule is COC(=O)c1ccc(-c2ccc(-c3ccc4c(c3)C(C)(C)CCC4(C)C)o2)cc1. The Hall–Kier alpha value is -2.81. The van der Waals surface area contributed by atoms with Gasteiger partial charge in [-0.2, -0.15) is 0 Å². The van der Waals surface area contributed by atoms with Crippen LogP contribution in [0.25, 0.3) is 22.6 Å². The molecule has 1 aromatic heterocycles. The van der Waals surface area contributed by atoms with Crippen LogP contribution in [-0.4, -0.2) is 13.1 Å². The molecule has 2 aromatic carbocycles. The van der Waals surface area contributed by atoms with Crippen molar-refractivity contribution in [1.82, 2.24) is 0 Å². The molecule has 1 aliphatic carbocycles. The zero-order valence-electron chi connectivity index (χ0n) is 17.8. The van der Waals surface area contributed by atoms with E-state index < -0.39 is 0 Å². The first-order chi connectivity index (χ1) is 13.7. The van der Waals surface area contributed by atoms with Gasteiger partial charge >= 0.3 is 5.97 Å². The summed E-state index contributed by atoms with van der Waals surface area (Å²) >= 11 is 0. The molecule has 0 aliphatic heterocycles. The Morgan fingerprint density at radius 1 is 0.793 bits per heavy atom. The monoisotopic (exact) mass is 388 g/mol. The highest BCUT2D eigenvalue weighted by Crippen LogP contribution is 2.47.